The Hall–Kier alpha value is -6.57. The van der Waals surface area contributed by atoms with Crippen molar-refractivity contribution in [3.8, 4) is 33.4 Å². The van der Waals surface area contributed by atoms with Crippen LogP contribution < -0.4 is 5.73 Å². The van der Waals surface area contributed by atoms with E-state index in [9.17, 15) is 0 Å². The molecule has 0 spiro atoms. The number of rotatable bonds is 6. The highest BCUT2D eigenvalue weighted by molar-refractivity contribution is 6.24. The van der Waals surface area contributed by atoms with Crippen LogP contribution >= 0.6 is 0 Å². The summed E-state index contributed by atoms with van der Waals surface area (Å²) >= 11 is 0. The van der Waals surface area contributed by atoms with Gasteiger partial charge in [0.05, 0.1) is 13.1 Å². The highest BCUT2D eigenvalue weighted by Gasteiger charge is 2.15. The van der Waals surface area contributed by atoms with Crippen LogP contribution in [0.4, 0.5) is 5.69 Å². The van der Waals surface area contributed by atoms with Crippen molar-refractivity contribution in [2.75, 3.05) is 0 Å². The van der Waals surface area contributed by atoms with Crippen LogP contribution in [-0.2, 0) is 6.54 Å². The Bertz CT molecular complexity index is 2540. The van der Waals surface area contributed by atoms with Crippen LogP contribution in [0.15, 0.2) is 163 Å². The van der Waals surface area contributed by atoms with Crippen molar-refractivity contribution >= 4 is 43.8 Å². The van der Waals surface area contributed by atoms with E-state index in [-0.39, 0.29) is 0 Å². The minimum absolute atomic E-state index is 0.527. The zero-order chi connectivity index (χ0) is 32.5. The van der Waals surface area contributed by atoms with Crippen LogP contribution in [-0.4, -0.2) is 10.8 Å². The van der Waals surface area contributed by atoms with Crippen LogP contribution in [0.1, 0.15) is 11.1 Å². The molecule has 8 rings (SSSR count). The first-order valence-corrected chi connectivity index (χ1v) is 15.9. The van der Waals surface area contributed by atoms with E-state index in [2.05, 4.69) is 107 Å². The lowest BCUT2D eigenvalue weighted by molar-refractivity contribution is 1.06. The van der Waals surface area contributed by atoms with Crippen molar-refractivity contribution in [3.63, 3.8) is 0 Å². The molecule has 4 heteroatoms. The standard InChI is InChI=1S/C44H30N4/c1-46-35-20-18-30(19-21-35)33-23-34(28-47-27-33)41-25-43-38-16-7-5-14-36(38)40(24-42(43)39-17-8-6-15-37(39)41)31-12-9-13-32(22-31)44(45)48-26-29-10-3-2-4-11-29/h2-25,27-28H,26H2,(H2,45,48). The molecule has 0 fully saturated rings. The molecule has 0 aliphatic heterocycles. The third-order valence-electron chi connectivity index (χ3n) is 9.01. The Morgan fingerprint density at radius 3 is 1.81 bits per heavy atom. The Kier molecular flexibility index (Phi) is 7.41. The summed E-state index contributed by atoms with van der Waals surface area (Å²) < 4.78 is 0. The Balaban J connectivity index is 1.28. The van der Waals surface area contributed by atoms with E-state index in [0.717, 1.165) is 44.5 Å². The number of aliphatic imine (C=N–C) groups is 1. The lowest BCUT2D eigenvalue weighted by atomic mass is 9.87. The van der Waals surface area contributed by atoms with Crippen LogP contribution in [0, 0.1) is 6.57 Å². The summed E-state index contributed by atoms with van der Waals surface area (Å²) in [5, 5.41) is 7.10. The summed E-state index contributed by atoms with van der Waals surface area (Å²) in [4.78, 5) is 12.9. The first-order chi connectivity index (χ1) is 23.7. The molecule has 7 aromatic carbocycles. The smallest absolute Gasteiger partial charge is 0.187 e. The molecule has 0 aliphatic rings. The highest BCUT2D eigenvalue weighted by atomic mass is 14.8. The molecule has 0 saturated heterocycles. The maximum absolute atomic E-state index is 7.30. The normalized spacial score (nSPS) is 11.6. The largest absolute Gasteiger partial charge is 0.383 e. The molecule has 0 atom stereocenters. The fourth-order valence-electron chi connectivity index (χ4n) is 6.60. The first kappa shape index (κ1) is 28.9. The molecule has 4 nitrogen and oxygen atoms in total. The molecule has 8 aromatic rings. The molecule has 2 N–H and O–H groups in total. The average molecular weight is 615 g/mol. The van der Waals surface area contributed by atoms with Gasteiger partial charge in [-0.15, -0.1) is 0 Å². The minimum atomic E-state index is 0.527. The first-order valence-electron chi connectivity index (χ1n) is 15.9. The number of amidine groups is 1. The molecule has 0 bridgehead atoms. The molecule has 226 valence electrons. The number of hydrogen-bond donors (Lipinski definition) is 1. The Labute approximate surface area is 279 Å². The van der Waals surface area contributed by atoms with E-state index in [4.69, 9.17) is 17.3 Å². The minimum Gasteiger partial charge on any atom is -0.383 e. The fourth-order valence-corrected chi connectivity index (χ4v) is 6.60. The van der Waals surface area contributed by atoms with Gasteiger partial charge in [-0.3, -0.25) is 9.98 Å². The van der Waals surface area contributed by atoms with E-state index < -0.39 is 0 Å². The number of nitrogens with zero attached hydrogens (tertiary/aromatic N) is 3. The van der Waals surface area contributed by atoms with Gasteiger partial charge in [-0.25, -0.2) is 4.85 Å². The number of fused-ring (bicyclic) bond motifs is 5. The quantitative estimate of drug-likeness (QED) is 0.0877. The van der Waals surface area contributed by atoms with Crippen molar-refractivity contribution in [1.29, 1.82) is 0 Å². The third kappa shape index (κ3) is 5.34. The molecule has 0 amide bonds. The molecule has 0 radical (unpaired) electrons. The lowest BCUT2D eigenvalue weighted by Gasteiger charge is -2.16. The molecule has 0 unspecified atom stereocenters. The van der Waals surface area contributed by atoms with E-state index in [1.54, 1.807) is 0 Å². The fraction of sp³-hybridized carbons (Fsp3) is 0.0227. The van der Waals surface area contributed by atoms with Crippen molar-refractivity contribution in [2.45, 2.75) is 6.54 Å². The van der Waals surface area contributed by atoms with Gasteiger partial charge in [-0.05, 0) is 84.4 Å². The number of benzene rings is 7. The van der Waals surface area contributed by atoms with Crippen molar-refractivity contribution < 1.29 is 0 Å². The van der Waals surface area contributed by atoms with Gasteiger partial charge in [0.2, 0.25) is 0 Å². The molecule has 48 heavy (non-hydrogen) atoms. The summed E-state index contributed by atoms with van der Waals surface area (Å²) in [7, 11) is 0. The number of nitrogens with two attached hydrogens (primary N) is 1. The summed E-state index contributed by atoms with van der Waals surface area (Å²) in [5.41, 5.74) is 15.7. The summed E-state index contributed by atoms with van der Waals surface area (Å²) in [6.45, 7) is 7.84. The van der Waals surface area contributed by atoms with Crippen LogP contribution in [0.25, 0.3) is 70.5 Å². The maximum atomic E-state index is 7.30. The second-order valence-corrected chi connectivity index (χ2v) is 11.9. The van der Waals surface area contributed by atoms with Gasteiger partial charge in [0.1, 0.15) is 5.84 Å². The van der Waals surface area contributed by atoms with Gasteiger partial charge in [-0.2, -0.15) is 0 Å². The zero-order valence-electron chi connectivity index (χ0n) is 26.1. The predicted octanol–water partition coefficient (Wildman–Crippen LogP) is 11.0. The highest BCUT2D eigenvalue weighted by Crippen LogP contribution is 2.42. The second-order valence-electron chi connectivity index (χ2n) is 11.9. The SMILES string of the molecule is [C-]#[N+]c1ccc(-c2cncc(-c3cc4c5ccccc5c(-c5cccc(C(N)=NCc6ccccc6)c5)cc4c4ccccc34)c2)cc1. The number of pyridine rings is 1. The van der Waals surface area contributed by atoms with Crippen molar-refractivity contribution in [3.05, 3.63) is 181 Å². The van der Waals surface area contributed by atoms with E-state index >= 15 is 0 Å². The summed E-state index contributed by atoms with van der Waals surface area (Å²) in [5.74, 6) is 0.527. The monoisotopic (exact) mass is 614 g/mol. The van der Waals surface area contributed by atoms with E-state index in [1.165, 1.54) is 32.3 Å². The van der Waals surface area contributed by atoms with Gasteiger partial charge < -0.3 is 5.73 Å². The maximum Gasteiger partial charge on any atom is 0.187 e. The Morgan fingerprint density at radius 1 is 0.542 bits per heavy atom. The molecular weight excluding hydrogens is 585 g/mol. The number of hydrogen-bond acceptors (Lipinski definition) is 2. The van der Waals surface area contributed by atoms with Crippen LogP contribution in [0.5, 0.6) is 0 Å². The average Bonchev–Trinajstić information content (AvgIpc) is 3.16. The van der Waals surface area contributed by atoms with Gasteiger partial charge in [0.15, 0.2) is 5.69 Å². The van der Waals surface area contributed by atoms with Gasteiger partial charge in [0.25, 0.3) is 0 Å². The van der Waals surface area contributed by atoms with Crippen LogP contribution in [0.2, 0.25) is 0 Å². The zero-order valence-corrected chi connectivity index (χ0v) is 26.1. The molecule has 1 heterocycles. The lowest BCUT2D eigenvalue weighted by Crippen LogP contribution is -2.13. The number of aromatic nitrogens is 1. The van der Waals surface area contributed by atoms with E-state index in [1.807, 2.05) is 60.9 Å². The molecule has 1 aromatic heterocycles. The summed E-state index contributed by atoms with van der Waals surface area (Å²) in [6, 6.07) is 50.3. The third-order valence-corrected chi connectivity index (χ3v) is 9.01. The topological polar surface area (TPSA) is 55.6 Å². The second kappa shape index (κ2) is 12.3. The van der Waals surface area contributed by atoms with Crippen LogP contribution in [0.3, 0.4) is 0 Å². The van der Waals surface area contributed by atoms with E-state index in [0.29, 0.717) is 18.1 Å². The van der Waals surface area contributed by atoms with Gasteiger partial charge in [-0.1, -0.05) is 121 Å². The molecule has 0 saturated carbocycles. The van der Waals surface area contributed by atoms with Gasteiger partial charge in [0, 0.05) is 29.1 Å². The molecular formula is C44H30N4. The molecule has 0 aliphatic carbocycles. The van der Waals surface area contributed by atoms with Gasteiger partial charge >= 0.3 is 0 Å². The Morgan fingerprint density at radius 2 is 1.15 bits per heavy atom. The van der Waals surface area contributed by atoms with Crippen molar-refractivity contribution in [1.82, 2.24) is 4.98 Å². The predicted molar refractivity (Wildman–Crippen MR) is 200 cm³/mol. The summed E-state index contributed by atoms with van der Waals surface area (Å²) in [6.07, 6.45) is 3.82. The van der Waals surface area contributed by atoms with Crippen molar-refractivity contribution in [2.24, 2.45) is 10.7 Å².